The van der Waals surface area contributed by atoms with Gasteiger partial charge in [-0.1, -0.05) is 6.07 Å². The van der Waals surface area contributed by atoms with Crippen LogP contribution in [0.5, 0.6) is 0 Å². The highest BCUT2D eigenvalue weighted by Crippen LogP contribution is 2.27. The zero-order valence-electron chi connectivity index (χ0n) is 15.4. The highest BCUT2D eigenvalue weighted by atomic mass is 32.2. The number of ether oxygens (including phenoxy) is 1. The molecule has 150 valence electrons. The van der Waals surface area contributed by atoms with Crippen molar-refractivity contribution in [2.45, 2.75) is 11.3 Å². The Labute approximate surface area is 158 Å². The highest BCUT2D eigenvalue weighted by molar-refractivity contribution is 7.89. The molecule has 1 aromatic rings. The van der Waals surface area contributed by atoms with Crippen LogP contribution in [0.1, 0.15) is 16.8 Å². The molecule has 10 nitrogen and oxygen atoms in total. The number of benzene rings is 1. The Morgan fingerprint density at radius 2 is 2.00 bits per heavy atom. The molecule has 1 heterocycles. The fourth-order valence-corrected chi connectivity index (χ4v) is 4.03. The average Bonchev–Trinajstić information content (AvgIpc) is 2.64. The van der Waals surface area contributed by atoms with E-state index in [1.54, 1.807) is 0 Å². The number of nitrogens with one attached hydrogen (secondary N) is 1. The minimum Gasteiger partial charge on any atom is -0.379 e. The van der Waals surface area contributed by atoms with E-state index in [1.807, 2.05) is 0 Å². The van der Waals surface area contributed by atoms with Crippen LogP contribution in [0.15, 0.2) is 23.1 Å². The van der Waals surface area contributed by atoms with E-state index in [4.69, 9.17) is 4.74 Å². The zero-order chi connectivity index (χ0) is 20.0. The highest BCUT2D eigenvalue weighted by Gasteiger charge is 2.31. The van der Waals surface area contributed by atoms with Crippen molar-refractivity contribution >= 4 is 21.6 Å². The summed E-state index contributed by atoms with van der Waals surface area (Å²) in [7, 11) is -1.26. The number of morpholine rings is 1. The molecule has 1 aliphatic heterocycles. The number of hydrogen-bond acceptors (Lipinski definition) is 7. The average molecular weight is 400 g/mol. The van der Waals surface area contributed by atoms with Crippen LogP contribution >= 0.6 is 0 Å². The number of carbonyl (C=O) groups is 1. The molecule has 0 spiro atoms. The van der Waals surface area contributed by atoms with Crippen LogP contribution in [0, 0.1) is 10.1 Å². The predicted octanol–water partition coefficient (Wildman–Crippen LogP) is 0.297. The molecular formula is C16H24N4O6S. The second-order valence-corrected chi connectivity index (χ2v) is 8.05. The first-order chi connectivity index (χ1) is 12.7. The lowest BCUT2D eigenvalue weighted by Gasteiger charge is -2.26. The first-order valence-corrected chi connectivity index (χ1v) is 10.0. The topological polar surface area (TPSA) is 122 Å². The Hall–Kier alpha value is -2.08. The molecule has 0 aliphatic carbocycles. The third-order valence-electron chi connectivity index (χ3n) is 4.16. The molecule has 1 fully saturated rings. The van der Waals surface area contributed by atoms with Gasteiger partial charge in [0.2, 0.25) is 10.0 Å². The van der Waals surface area contributed by atoms with Gasteiger partial charge in [0, 0.05) is 39.8 Å². The summed E-state index contributed by atoms with van der Waals surface area (Å²) >= 11 is 0. The molecular weight excluding hydrogens is 376 g/mol. The number of nitrogens with zero attached hydrogens (tertiary/aromatic N) is 3. The number of hydrogen-bond donors (Lipinski definition) is 1. The minimum atomic E-state index is -4.07. The van der Waals surface area contributed by atoms with Crippen LogP contribution < -0.4 is 4.72 Å². The van der Waals surface area contributed by atoms with Gasteiger partial charge < -0.3 is 9.64 Å². The van der Waals surface area contributed by atoms with Crippen molar-refractivity contribution < 1.29 is 22.9 Å². The fraction of sp³-hybridized carbons (Fsp3) is 0.562. The Balaban J connectivity index is 2.15. The molecule has 27 heavy (non-hydrogen) atoms. The maximum Gasteiger partial charge on any atom is 0.283 e. The van der Waals surface area contributed by atoms with Crippen molar-refractivity contribution in [1.29, 1.82) is 0 Å². The molecule has 0 radical (unpaired) electrons. The molecule has 1 aliphatic rings. The van der Waals surface area contributed by atoms with Crippen molar-refractivity contribution in [2.75, 3.05) is 53.5 Å². The van der Waals surface area contributed by atoms with Gasteiger partial charge in [0.15, 0.2) is 0 Å². The summed E-state index contributed by atoms with van der Waals surface area (Å²) in [6.07, 6.45) is 0.575. The number of sulfonamides is 1. The molecule has 1 N–H and O–H groups in total. The van der Waals surface area contributed by atoms with Gasteiger partial charge in [0.25, 0.3) is 11.6 Å². The molecule has 1 aromatic carbocycles. The quantitative estimate of drug-likeness (QED) is 0.378. The third kappa shape index (κ3) is 5.45. The van der Waals surface area contributed by atoms with Crippen LogP contribution in [0.25, 0.3) is 0 Å². The lowest BCUT2D eigenvalue weighted by atomic mass is 10.1. The van der Waals surface area contributed by atoms with Gasteiger partial charge in [-0.05, 0) is 19.0 Å². The van der Waals surface area contributed by atoms with Gasteiger partial charge in [0.1, 0.15) is 10.5 Å². The van der Waals surface area contributed by atoms with Crippen molar-refractivity contribution in [1.82, 2.24) is 14.5 Å². The SMILES string of the molecule is CN(C)C(=O)c1c([N+](=O)[O-])cccc1S(=O)(=O)NCCCN1CCOCC1. The molecule has 2 rings (SSSR count). The lowest BCUT2D eigenvalue weighted by Crippen LogP contribution is -2.38. The zero-order valence-corrected chi connectivity index (χ0v) is 16.2. The maximum absolute atomic E-state index is 12.7. The van der Waals surface area contributed by atoms with Gasteiger partial charge in [-0.3, -0.25) is 19.8 Å². The van der Waals surface area contributed by atoms with Crippen LogP contribution in [-0.4, -0.2) is 82.5 Å². The molecule has 1 amide bonds. The smallest absolute Gasteiger partial charge is 0.283 e. The first kappa shape index (κ1) is 21.2. The number of carbonyl (C=O) groups excluding carboxylic acids is 1. The first-order valence-electron chi connectivity index (χ1n) is 8.53. The standard InChI is InChI=1S/C16H24N4O6S/c1-18(2)16(21)15-13(20(22)23)5-3-6-14(15)27(24,25)17-7-4-8-19-9-11-26-12-10-19/h3,5-6,17H,4,7-12H2,1-2H3. The summed E-state index contributed by atoms with van der Waals surface area (Å²) in [6, 6.07) is 3.58. The summed E-state index contributed by atoms with van der Waals surface area (Å²) < 4.78 is 33.0. The number of nitro groups is 1. The minimum absolute atomic E-state index is 0.165. The molecule has 0 bridgehead atoms. The van der Waals surface area contributed by atoms with Gasteiger partial charge in [-0.2, -0.15) is 0 Å². The summed E-state index contributed by atoms with van der Waals surface area (Å²) in [6.45, 7) is 3.81. The normalized spacial score (nSPS) is 15.5. The van der Waals surface area contributed by atoms with Gasteiger partial charge >= 0.3 is 0 Å². The van der Waals surface area contributed by atoms with Crippen LogP contribution in [0.4, 0.5) is 5.69 Å². The molecule has 1 saturated heterocycles. The fourth-order valence-electron chi connectivity index (χ4n) is 2.75. The Bertz CT molecular complexity index is 790. The second-order valence-electron chi connectivity index (χ2n) is 6.31. The van der Waals surface area contributed by atoms with E-state index in [0.29, 0.717) is 26.2 Å². The van der Waals surface area contributed by atoms with E-state index in [0.717, 1.165) is 24.1 Å². The van der Waals surface area contributed by atoms with Crippen LogP contribution in [-0.2, 0) is 14.8 Å². The van der Waals surface area contributed by atoms with Crippen molar-refractivity contribution in [2.24, 2.45) is 0 Å². The van der Waals surface area contributed by atoms with E-state index in [2.05, 4.69) is 9.62 Å². The number of nitro benzene ring substituents is 1. The summed E-state index contributed by atoms with van der Waals surface area (Å²) in [5, 5.41) is 11.3. The summed E-state index contributed by atoms with van der Waals surface area (Å²) in [4.78, 5) is 25.8. The summed E-state index contributed by atoms with van der Waals surface area (Å²) in [5.41, 5.74) is -0.974. The van der Waals surface area contributed by atoms with Crippen LogP contribution in [0.2, 0.25) is 0 Å². The maximum atomic E-state index is 12.7. The summed E-state index contributed by atoms with van der Waals surface area (Å²) in [5.74, 6) is -0.740. The third-order valence-corrected chi connectivity index (χ3v) is 5.66. The monoisotopic (exact) mass is 400 g/mol. The Kier molecular flexibility index (Phi) is 7.25. The molecule has 0 aromatic heterocycles. The lowest BCUT2D eigenvalue weighted by molar-refractivity contribution is -0.385. The number of amides is 1. The number of rotatable bonds is 8. The largest absolute Gasteiger partial charge is 0.379 e. The van der Waals surface area contributed by atoms with E-state index in [1.165, 1.54) is 26.2 Å². The van der Waals surface area contributed by atoms with E-state index in [-0.39, 0.29) is 11.4 Å². The van der Waals surface area contributed by atoms with E-state index in [9.17, 15) is 23.3 Å². The molecule has 0 unspecified atom stereocenters. The van der Waals surface area contributed by atoms with E-state index < -0.39 is 32.1 Å². The molecule has 0 atom stereocenters. The van der Waals surface area contributed by atoms with Crippen molar-refractivity contribution in [3.63, 3.8) is 0 Å². The van der Waals surface area contributed by atoms with E-state index >= 15 is 0 Å². The van der Waals surface area contributed by atoms with Gasteiger partial charge in [-0.15, -0.1) is 0 Å². The van der Waals surface area contributed by atoms with Crippen LogP contribution in [0.3, 0.4) is 0 Å². The van der Waals surface area contributed by atoms with Gasteiger partial charge in [-0.25, -0.2) is 13.1 Å². The Morgan fingerprint density at radius 1 is 1.33 bits per heavy atom. The predicted molar refractivity (Wildman–Crippen MR) is 98.2 cm³/mol. The van der Waals surface area contributed by atoms with Crippen molar-refractivity contribution in [3.8, 4) is 0 Å². The second kappa shape index (κ2) is 9.22. The van der Waals surface area contributed by atoms with Crippen molar-refractivity contribution in [3.05, 3.63) is 33.9 Å². The van der Waals surface area contributed by atoms with Gasteiger partial charge in [0.05, 0.1) is 18.1 Å². The Morgan fingerprint density at radius 3 is 2.59 bits per heavy atom. The molecule has 11 heteroatoms. The molecule has 0 saturated carbocycles.